The Hall–Kier alpha value is -2.60. The molecule has 2 aromatic carbocycles. The van der Waals surface area contributed by atoms with E-state index in [9.17, 15) is 4.79 Å². The Morgan fingerprint density at radius 1 is 1.05 bits per heavy atom. The molecule has 0 bridgehead atoms. The number of carbonyl (C=O) groups is 1. The second-order valence-electron chi connectivity index (χ2n) is 5.34. The fourth-order valence-electron chi connectivity index (χ4n) is 2.74. The van der Waals surface area contributed by atoms with Crippen molar-refractivity contribution in [3.05, 3.63) is 64.7 Å². The molecule has 0 radical (unpaired) electrons. The van der Waals surface area contributed by atoms with E-state index in [1.165, 1.54) is 24.0 Å². The van der Waals surface area contributed by atoms with Gasteiger partial charge in [0.25, 0.3) is 5.91 Å². The summed E-state index contributed by atoms with van der Waals surface area (Å²) in [5, 5.41) is 11.7. The first kappa shape index (κ1) is 13.4. The minimum absolute atomic E-state index is 0.126. The molecule has 0 aliphatic heterocycles. The van der Waals surface area contributed by atoms with Gasteiger partial charge in [-0.1, -0.05) is 12.1 Å². The molecule has 21 heavy (non-hydrogen) atoms. The number of carbonyl (C=O) groups excluding carboxylic acids is 1. The quantitative estimate of drug-likeness (QED) is 0.909. The zero-order valence-corrected chi connectivity index (χ0v) is 11.7. The van der Waals surface area contributed by atoms with Gasteiger partial charge in [-0.3, -0.25) is 4.79 Å². The van der Waals surface area contributed by atoms with Gasteiger partial charge in [0.1, 0.15) is 0 Å². The third kappa shape index (κ3) is 2.95. The number of benzene rings is 2. The number of anilines is 1. The lowest BCUT2D eigenvalue weighted by molar-refractivity contribution is 0.102. The van der Waals surface area contributed by atoms with Crippen LogP contribution >= 0.6 is 0 Å². The van der Waals surface area contributed by atoms with Gasteiger partial charge in [0, 0.05) is 11.3 Å². The number of hydrogen-bond acceptors (Lipinski definition) is 2. The largest absolute Gasteiger partial charge is 0.322 e. The number of nitriles is 1. The van der Waals surface area contributed by atoms with Crippen LogP contribution in [0.5, 0.6) is 0 Å². The normalized spacial score (nSPS) is 13.1. The highest BCUT2D eigenvalue weighted by atomic mass is 16.1. The van der Waals surface area contributed by atoms with E-state index in [4.69, 9.17) is 5.26 Å². The Labute approximate surface area is 124 Å². The van der Waals surface area contributed by atoms with Crippen LogP contribution in [0.1, 0.15) is 39.9 Å². The van der Waals surface area contributed by atoms with Gasteiger partial charge in [0.05, 0.1) is 11.6 Å². The molecule has 1 N–H and O–H groups in total. The average molecular weight is 276 g/mol. The summed E-state index contributed by atoms with van der Waals surface area (Å²) in [6, 6.07) is 15.0. The molecule has 0 spiro atoms. The fourth-order valence-corrected chi connectivity index (χ4v) is 2.74. The predicted octanol–water partition coefficient (Wildman–Crippen LogP) is 3.69. The molecular weight excluding hydrogens is 260 g/mol. The first-order chi connectivity index (χ1) is 10.3. The minimum Gasteiger partial charge on any atom is -0.322 e. The molecule has 3 nitrogen and oxygen atoms in total. The van der Waals surface area contributed by atoms with E-state index in [2.05, 4.69) is 17.5 Å². The second-order valence-corrected chi connectivity index (χ2v) is 5.34. The molecule has 1 aliphatic carbocycles. The first-order valence-corrected chi connectivity index (χ1v) is 7.19. The maximum atomic E-state index is 12.3. The summed E-state index contributed by atoms with van der Waals surface area (Å²) < 4.78 is 0. The lowest BCUT2D eigenvalue weighted by Gasteiger charge is -2.16. The van der Waals surface area contributed by atoms with Crippen LogP contribution in [0.4, 0.5) is 5.69 Å². The third-order valence-corrected chi connectivity index (χ3v) is 3.86. The highest BCUT2D eigenvalue weighted by molar-refractivity contribution is 6.04. The predicted molar refractivity (Wildman–Crippen MR) is 82.2 cm³/mol. The van der Waals surface area contributed by atoms with Crippen molar-refractivity contribution in [2.45, 2.75) is 25.7 Å². The Balaban J connectivity index is 1.80. The fraction of sp³-hybridized carbons (Fsp3) is 0.222. The number of hydrogen-bond donors (Lipinski definition) is 1. The zero-order chi connectivity index (χ0) is 14.7. The van der Waals surface area contributed by atoms with Gasteiger partial charge in [-0.05, 0) is 67.1 Å². The Bertz CT molecular complexity index is 728. The molecule has 0 heterocycles. The monoisotopic (exact) mass is 276 g/mol. The Morgan fingerprint density at radius 3 is 2.67 bits per heavy atom. The van der Waals surface area contributed by atoms with E-state index < -0.39 is 0 Å². The van der Waals surface area contributed by atoms with Crippen molar-refractivity contribution in [1.82, 2.24) is 0 Å². The Kier molecular flexibility index (Phi) is 3.70. The molecule has 3 rings (SSSR count). The summed E-state index contributed by atoms with van der Waals surface area (Å²) >= 11 is 0. The lowest BCUT2D eigenvalue weighted by Crippen LogP contribution is -2.13. The summed E-state index contributed by atoms with van der Waals surface area (Å²) in [5.41, 5.74) is 4.52. The molecule has 0 fully saturated rings. The van der Waals surface area contributed by atoms with E-state index in [1.54, 1.807) is 24.3 Å². The van der Waals surface area contributed by atoms with Crippen LogP contribution in [0.3, 0.4) is 0 Å². The van der Waals surface area contributed by atoms with Crippen molar-refractivity contribution in [3.63, 3.8) is 0 Å². The molecule has 3 heteroatoms. The van der Waals surface area contributed by atoms with Gasteiger partial charge in [-0.25, -0.2) is 0 Å². The van der Waals surface area contributed by atoms with Crippen LogP contribution < -0.4 is 5.32 Å². The lowest BCUT2D eigenvalue weighted by atomic mass is 9.90. The van der Waals surface area contributed by atoms with E-state index in [1.807, 2.05) is 12.1 Å². The van der Waals surface area contributed by atoms with Crippen LogP contribution in [0.15, 0.2) is 42.5 Å². The number of aryl methyl sites for hydroxylation is 2. The molecule has 0 saturated heterocycles. The highest BCUT2D eigenvalue weighted by Gasteiger charge is 2.13. The van der Waals surface area contributed by atoms with E-state index in [0.717, 1.165) is 12.8 Å². The maximum absolute atomic E-state index is 12.3. The molecule has 1 aliphatic rings. The van der Waals surface area contributed by atoms with Crippen LogP contribution in [0.2, 0.25) is 0 Å². The molecule has 2 aromatic rings. The summed E-state index contributed by atoms with van der Waals surface area (Å²) in [5.74, 6) is -0.126. The average Bonchev–Trinajstić information content (AvgIpc) is 2.54. The first-order valence-electron chi connectivity index (χ1n) is 7.19. The molecule has 1 amide bonds. The standard InChI is InChI=1S/C18H16N2O/c19-12-13-4-3-7-17(10-13)20-18(21)16-9-8-14-5-1-2-6-15(14)11-16/h3-4,7-11H,1-2,5-6H2,(H,20,21). The SMILES string of the molecule is N#Cc1cccc(NC(=O)c2ccc3c(c2)CCCC3)c1. The number of nitrogens with one attached hydrogen (secondary N) is 1. The van der Waals surface area contributed by atoms with Gasteiger partial charge in [0.15, 0.2) is 0 Å². The van der Waals surface area contributed by atoms with E-state index >= 15 is 0 Å². The van der Waals surface area contributed by atoms with Crippen LogP contribution in [0.25, 0.3) is 0 Å². The smallest absolute Gasteiger partial charge is 0.255 e. The van der Waals surface area contributed by atoms with Crippen LogP contribution in [-0.2, 0) is 12.8 Å². The molecule has 104 valence electrons. The molecular formula is C18H16N2O. The maximum Gasteiger partial charge on any atom is 0.255 e. The van der Waals surface area contributed by atoms with Crippen molar-refractivity contribution in [1.29, 1.82) is 5.26 Å². The van der Waals surface area contributed by atoms with Gasteiger partial charge in [-0.15, -0.1) is 0 Å². The van der Waals surface area contributed by atoms with Crippen molar-refractivity contribution in [2.75, 3.05) is 5.32 Å². The number of rotatable bonds is 2. The van der Waals surface area contributed by atoms with Crippen molar-refractivity contribution < 1.29 is 4.79 Å². The second kappa shape index (κ2) is 5.80. The van der Waals surface area contributed by atoms with Crippen molar-refractivity contribution in [2.24, 2.45) is 0 Å². The molecule has 0 unspecified atom stereocenters. The molecule has 0 aromatic heterocycles. The number of fused-ring (bicyclic) bond motifs is 1. The van der Waals surface area contributed by atoms with E-state index in [-0.39, 0.29) is 5.91 Å². The zero-order valence-electron chi connectivity index (χ0n) is 11.7. The summed E-state index contributed by atoms with van der Waals surface area (Å²) in [6.45, 7) is 0. The number of amides is 1. The van der Waals surface area contributed by atoms with Gasteiger partial charge < -0.3 is 5.32 Å². The topological polar surface area (TPSA) is 52.9 Å². The summed E-state index contributed by atoms with van der Waals surface area (Å²) in [6.07, 6.45) is 4.60. The van der Waals surface area contributed by atoms with Gasteiger partial charge in [-0.2, -0.15) is 5.26 Å². The van der Waals surface area contributed by atoms with Crippen molar-refractivity contribution >= 4 is 11.6 Å². The third-order valence-electron chi connectivity index (χ3n) is 3.86. The van der Waals surface area contributed by atoms with Crippen molar-refractivity contribution in [3.8, 4) is 6.07 Å². The highest BCUT2D eigenvalue weighted by Crippen LogP contribution is 2.22. The molecule has 0 atom stereocenters. The van der Waals surface area contributed by atoms with Crippen LogP contribution in [0, 0.1) is 11.3 Å². The van der Waals surface area contributed by atoms with E-state index in [0.29, 0.717) is 16.8 Å². The summed E-state index contributed by atoms with van der Waals surface area (Å²) in [7, 11) is 0. The van der Waals surface area contributed by atoms with Crippen LogP contribution in [-0.4, -0.2) is 5.91 Å². The number of nitrogens with zero attached hydrogens (tertiary/aromatic N) is 1. The minimum atomic E-state index is -0.126. The Morgan fingerprint density at radius 2 is 1.86 bits per heavy atom. The molecule has 0 saturated carbocycles. The summed E-state index contributed by atoms with van der Waals surface area (Å²) in [4.78, 5) is 12.3. The van der Waals surface area contributed by atoms with Gasteiger partial charge >= 0.3 is 0 Å². The van der Waals surface area contributed by atoms with Gasteiger partial charge in [0.2, 0.25) is 0 Å².